The van der Waals surface area contributed by atoms with E-state index in [9.17, 15) is 9.18 Å². The lowest BCUT2D eigenvalue weighted by atomic mass is 10.3. The standard InChI is InChI=1S/C12H7FN2OS.CH5N/c13-9-5-8-1-2-11(16)15(12(8)14-6-9)10-3-4-17-7-10;1-2/h1-7H;2H2,1H3. The smallest absolute Gasteiger partial charge is 0.256 e. The van der Waals surface area contributed by atoms with Crippen molar-refractivity contribution in [1.29, 1.82) is 0 Å². The summed E-state index contributed by atoms with van der Waals surface area (Å²) in [4.78, 5) is 15.8. The van der Waals surface area contributed by atoms with Crippen LogP contribution in [0.4, 0.5) is 4.39 Å². The Morgan fingerprint density at radius 1 is 1.32 bits per heavy atom. The predicted molar refractivity (Wildman–Crippen MR) is 75.3 cm³/mol. The summed E-state index contributed by atoms with van der Waals surface area (Å²) in [5.74, 6) is -0.409. The number of nitrogens with two attached hydrogens (primary N) is 1. The minimum absolute atomic E-state index is 0.171. The van der Waals surface area contributed by atoms with Gasteiger partial charge in [-0.15, -0.1) is 0 Å². The normalized spacial score (nSPS) is 10.1. The van der Waals surface area contributed by atoms with Gasteiger partial charge < -0.3 is 5.73 Å². The van der Waals surface area contributed by atoms with E-state index in [1.807, 2.05) is 16.8 Å². The minimum Gasteiger partial charge on any atom is -0.333 e. The molecular formula is C13H12FN3OS. The van der Waals surface area contributed by atoms with Crippen LogP contribution in [0.25, 0.3) is 16.7 Å². The summed E-state index contributed by atoms with van der Waals surface area (Å²) >= 11 is 1.49. The second-order valence-electron chi connectivity index (χ2n) is 3.55. The first-order valence-electron chi connectivity index (χ1n) is 5.53. The fourth-order valence-corrected chi connectivity index (χ4v) is 2.35. The molecule has 98 valence electrons. The van der Waals surface area contributed by atoms with Gasteiger partial charge in [-0.25, -0.2) is 9.37 Å². The molecule has 0 saturated carbocycles. The van der Waals surface area contributed by atoms with E-state index in [0.717, 1.165) is 11.9 Å². The number of rotatable bonds is 1. The molecule has 4 nitrogen and oxygen atoms in total. The topological polar surface area (TPSA) is 60.9 Å². The molecule has 3 aromatic rings. The molecule has 0 aromatic carbocycles. The van der Waals surface area contributed by atoms with Crippen molar-refractivity contribution in [3.05, 3.63) is 57.4 Å². The van der Waals surface area contributed by atoms with Crippen LogP contribution in [0.5, 0.6) is 0 Å². The van der Waals surface area contributed by atoms with Crippen molar-refractivity contribution in [2.45, 2.75) is 0 Å². The fraction of sp³-hybridized carbons (Fsp3) is 0.0769. The lowest BCUT2D eigenvalue weighted by molar-refractivity contribution is 0.623. The molecule has 0 aliphatic heterocycles. The first-order chi connectivity index (χ1) is 9.25. The Kier molecular flexibility index (Phi) is 4.03. The number of thiophene rings is 1. The van der Waals surface area contributed by atoms with Crippen molar-refractivity contribution in [2.24, 2.45) is 5.73 Å². The molecule has 3 aromatic heterocycles. The molecule has 0 aliphatic rings. The van der Waals surface area contributed by atoms with Crippen LogP contribution in [-0.2, 0) is 0 Å². The molecule has 3 heterocycles. The minimum atomic E-state index is -0.409. The van der Waals surface area contributed by atoms with Gasteiger partial charge in [0.15, 0.2) is 0 Å². The van der Waals surface area contributed by atoms with Crippen molar-refractivity contribution < 1.29 is 4.39 Å². The van der Waals surface area contributed by atoms with E-state index >= 15 is 0 Å². The lowest BCUT2D eigenvalue weighted by Crippen LogP contribution is -2.17. The van der Waals surface area contributed by atoms with E-state index in [1.54, 1.807) is 6.07 Å². The second kappa shape index (κ2) is 5.73. The van der Waals surface area contributed by atoms with Gasteiger partial charge in [0, 0.05) is 16.8 Å². The summed E-state index contributed by atoms with van der Waals surface area (Å²) in [6.07, 6.45) is 1.12. The van der Waals surface area contributed by atoms with Crippen molar-refractivity contribution in [3.63, 3.8) is 0 Å². The van der Waals surface area contributed by atoms with E-state index in [-0.39, 0.29) is 5.56 Å². The van der Waals surface area contributed by atoms with Crippen LogP contribution in [0.2, 0.25) is 0 Å². The van der Waals surface area contributed by atoms with Crippen molar-refractivity contribution in [3.8, 4) is 5.69 Å². The van der Waals surface area contributed by atoms with Gasteiger partial charge in [-0.3, -0.25) is 9.36 Å². The molecule has 0 aliphatic carbocycles. The van der Waals surface area contributed by atoms with Gasteiger partial charge in [-0.2, -0.15) is 11.3 Å². The maximum absolute atomic E-state index is 13.1. The van der Waals surface area contributed by atoms with Gasteiger partial charge in [-0.05, 0) is 30.6 Å². The Morgan fingerprint density at radius 3 is 2.79 bits per heavy atom. The highest BCUT2D eigenvalue weighted by molar-refractivity contribution is 7.08. The van der Waals surface area contributed by atoms with Crippen molar-refractivity contribution in [1.82, 2.24) is 9.55 Å². The predicted octanol–water partition coefficient (Wildman–Crippen LogP) is 2.16. The maximum Gasteiger partial charge on any atom is 0.256 e. The molecule has 6 heteroatoms. The third kappa shape index (κ3) is 2.54. The lowest BCUT2D eigenvalue weighted by Gasteiger charge is -2.06. The van der Waals surface area contributed by atoms with E-state index < -0.39 is 5.82 Å². The van der Waals surface area contributed by atoms with Crippen LogP contribution in [0.15, 0.2) is 46.0 Å². The SMILES string of the molecule is CN.O=c1ccc2cc(F)cnc2n1-c1ccsc1. The van der Waals surface area contributed by atoms with E-state index in [1.165, 1.54) is 35.1 Å². The first kappa shape index (κ1) is 13.4. The molecule has 0 unspecified atom stereocenters. The number of hydrogen-bond donors (Lipinski definition) is 1. The van der Waals surface area contributed by atoms with Crippen LogP contribution >= 0.6 is 11.3 Å². The monoisotopic (exact) mass is 277 g/mol. The molecule has 3 rings (SSSR count). The molecular weight excluding hydrogens is 265 g/mol. The van der Waals surface area contributed by atoms with Crippen LogP contribution in [0.1, 0.15) is 0 Å². The van der Waals surface area contributed by atoms with Crippen LogP contribution in [-0.4, -0.2) is 16.6 Å². The third-order valence-corrected chi connectivity index (χ3v) is 3.13. The number of fused-ring (bicyclic) bond motifs is 1. The van der Waals surface area contributed by atoms with E-state index in [2.05, 4.69) is 10.7 Å². The Labute approximate surface area is 112 Å². The second-order valence-corrected chi connectivity index (χ2v) is 4.33. The summed E-state index contributed by atoms with van der Waals surface area (Å²) in [5, 5.41) is 4.34. The Hall–Kier alpha value is -2.05. The molecule has 0 saturated heterocycles. The van der Waals surface area contributed by atoms with Gasteiger partial charge in [0.25, 0.3) is 5.56 Å². The fourth-order valence-electron chi connectivity index (χ4n) is 1.73. The maximum atomic E-state index is 13.1. The van der Waals surface area contributed by atoms with Gasteiger partial charge >= 0.3 is 0 Å². The highest BCUT2D eigenvalue weighted by Gasteiger charge is 2.07. The molecule has 0 spiro atoms. The zero-order valence-electron chi connectivity index (χ0n) is 10.2. The van der Waals surface area contributed by atoms with Gasteiger partial charge in [0.05, 0.1) is 11.9 Å². The summed E-state index contributed by atoms with van der Waals surface area (Å²) < 4.78 is 14.5. The first-order valence-corrected chi connectivity index (χ1v) is 6.47. The molecule has 0 bridgehead atoms. The number of hydrogen-bond acceptors (Lipinski definition) is 4. The summed E-state index contributed by atoms with van der Waals surface area (Å²) in [5.41, 5.74) is 5.55. The van der Waals surface area contributed by atoms with E-state index in [0.29, 0.717) is 11.0 Å². The third-order valence-electron chi connectivity index (χ3n) is 2.46. The quantitative estimate of drug-likeness (QED) is 0.741. The zero-order chi connectivity index (χ0) is 13.8. The number of pyridine rings is 2. The summed E-state index contributed by atoms with van der Waals surface area (Å²) in [6.45, 7) is 0. The Balaban J connectivity index is 0.000000637. The largest absolute Gasteiger partial charge is 0.333 e. The molecule has 0 radical (unpaired) electrons. The molecule has 0 atom stereocenters. The molecule has 19 heavy (non-hydrogen) atoms. The highest BCUT2D eigenvalue weighted by atomic mass is 32.1. The van der Waals surface area contributed by atoms with Crippen molar-refractivity contribution in [2.75, 3.05) is 7.05 Å². The average molecular weight is 277 g/mol. The number of halogens is 1. The van der Waals surface area contributed by atoms with Crippen LogP contribution in [0.3, 0.4) is 0 Å². The van der Waals surface area contributed by atoms with Gasteiger partial charge in [0.1, 0.15) is 11.5 Å². The number of aromatic nitrogens is 2. The Morgan fingerprint density at radius 2 is 2.11 bits per heavy atom. The van der Waals surface area contributed by atoms with Gasteiger partial charge in [0.2, 0.25) is 0 Å². The number of nitrogens with zero attached hydrogens (tertiary/aromatic N) is 2. The summed E-state index contributed by atoms with van der Waals surface area (Å²) in [7, 11) is 1.50. The van der Waals surface area contributed by atoms with E-state index in [4.69, 9.17) is 0 Å². The van der Waals surface area contributed by atoms with Crippen molar-refractivity contribution >= 4 is 22.4 Å². The highest BCUT2D eigenvalue weighted by Crippen LogP contribution is 2.16. The molecule has 0 amide bonds. The van der Waals surface area contributed by atoms with Gasteiger partial charge in [-0.1, -0.05) is 0 Å². The zero-order valence-corrected chi connectivity index (χ0v) is 11.0. The average Bonchev–Trinajstić information content (AvgIpc) is 2.95. The van der Waals surface area contributed by atoms with Crippen LogP contribution in [0, 0.1) is 5.82 Å². The van der Waals surface area contributed by atoms with Crippen LogP contribution < -0.4 is 11.3 Å². The molecule has 0 fully saturated rings. The molecule has 2 N–H and O–H groups in total. The Bertz CT molecular complexity index is 737. The summed E-state index contributed by atoms with van der Waals surface area (Å²) in [6, 6.07) is 6.19.